The molecule has 28 heavy (non-hydrogen) atoms. The zero-order valence-electron chi connectivity index (χ0n) is 17.3. The molecule has 0 fully saturated rings. The fraction of sp³-hybridized carbons (Fsp3) is 0.417. The van der Waals surface area contributed by atoms with Gasteiger partial charge in [-0.05, 0) is 25.0 Å². The summed E-state index contributed by atoms with van der Waals surface area (Å²) in [5, 5.41) is 3.87. The van der Waals surface area contributed by atoms with Crippen molar-refractivity contribution >= 4 is 21.5 Å². The van der Waals surface area contributed by atoms with E-state index in [1.165, 1.54) is 0 Å². The van der Waals surface area contributed by atoms with E-state index in [1.54, 1.807) is 14.2 Å². The van der Waals surface area contributed by atoms with Crippen molar-refractivity contribution in [3.8, 4) is 23.0 Å². The molecule has 0 unspecified atom stereocenters. The van der Waals surface area contributed by atoms with Crippen molar-refractivity contribution < 1.29 is 18.9 Å². The zero-order chi connectivity index (χ0) is 19.9. The lowest BCUT2D eigenvalue weighted by Crippen LogP contribution is -2.03. The summed E-state index contributed by atoms with van der Waals surface area (Å²) in [7, 11) is 3.38. The molecule has 0 amide bonds. The predicted octanol–water partition coefficient (Wildman–Crippen LogP) is 6.37. The van der Waals surface area contributed by atoms with E-state index in [1.807, 2.05) is 24.3 Å². The molecule has 3 rings (SSSR count). The van der Waals surface area contributed by atoms with Crippen molar-refractivity contribution in [1.82, 2.24) is 0 Å². The molecule has 0 aliphatic carbocycles. The van der Waals surface area contributed by atoms with Gasteiger partial charge >= 0.3 is 0 Å². The molecule has 4 heteroatoms. The summed E-state index contributed by atoms with van der Waals surface area (Å²) >= 11 is 0. The number of unbranched alkanes of at least 4 members (excludes halogenated alkanes) is 2. The fourth-order valence-electron chi connectivity index (χ4n) is 3.46. The van der Waals surface area contributed by atoms with Crippen molar-refractivity contribution in [2.75, 3.05) is 27.4 Å². The first-order valence-electron chi connectivity index (χ1n) is 10.1. The Bertz CT molecular complexity index is 855. The summed E-state index contributed by atoms with van der Waals surface area (Å²) in [6.07, 6.45) is 4.15. The number of hydrogen-bond donors (Lipinski definition) is 0. The van der Waals surface area contributed by atoms with Gasteiger partial charge < -0.3 is 18.9 Å². The standard InChI is InChI=1S/C24H30O4/c1-5-7-15-27-23-17-11-9-14-20(26-4)22(17)24(28-16-8-6-2)18-12-10-13-19(25-3)21(18)23/h9-14H,5-8,15-16H2,1-4H3. The van der Waals surface area contributed by atoms with Gasteiger partial charge in [-0.15, -0.1) is 0 Å². The van der Waals surface area contributed by atoms with E-state index < -0.39 is 0 Å². The summed E-state index contributed by atoms with van der Waals surface area (Å²) in [5.74, 6) is 3.23. The van der Waals surface area contributed by atoms with E-state index in [9.17, 15) is 0 Å². The van der Waals surface area contributed by atoms with Crippen LogP contribution >= 0.6 is 0 Å². The maximum absolute atomic E-state index is 6.30. The minimum Gasteiger partial charge on any atom is -0.496 e. The predicted molar refractivity (Wildman–Crippen MR) is 115 cm³/mol. The smallest absolute Gasteiger partial charge is 0.139 e. The fourth-order valence-corrected chi connectivity index (χ4v) is 3.46. The second-order valence-corrected chi connectivity index (χ2v) is 6.83. The van der Waals surface area contributed by atoms with Gasteiger partial charge in [0.15, 0.2) is 0 Å². The second kappa shape index (κ2) is 9.54. The summed E-state index contributed by atoms with van der Waals surface area (Å²) in [4.78, 5) is 0. The van der Waals surface area contributed by atoms with Gasteiger partial charge in [0.2, 0.25) is 0 Å². The third-order valence-corrected chi connectivity index (χ3v) is 4.92. The monoisotopic (exact) mass is 382 g/mol. The van der Waals surface area contributed by atoms with Crippen molar-refractivity contribution in [2.24, 2.45) is 0 Å². The van der Waals surface area contributed by atoms with Crippen molar-refractivity contribution in [1.29, 1.82) is 0 Å². The molecule has 0 saturated carbocycles. The maximum atomic E-state index is 6.30. The SMILES string of the molecule is CCCCOc1c2cccc(OC)c2c(OCCCC)c2cccc(OC)c12. The minimum absolute atomic E-state index is 0.659. The van der Waals surface area contributed by atoms with Crippen LogP contribution in [-0.2, 0) is 0 Å². The van der Waals surface area contributed by atoms with Gasteiger partial charge in [0.1, 0.15) is 23.0 Å². The van der Waals surface area contributed by atoms with E-state index >= 15 is 0 Å². The molecule has 0 atom stereocenters. The highest BCUT2D eigenvalue weighted by Gasteiger charge is 2.21. The van der Waals surface area contributed by atoms with Crippen LogP contribution in [0.5, 0.6) is 23.0 Å². The Morgan fingerprint density at radius 3 is 1.43 bits per heavy atom. The highest BCUT2D eigenvalue weighted by Crippen LogP contribution is 2.49. The average Bonchev–Trinajstić information content (AvgIpc) is 2.74. The van der Waals surface area contributed by atoms with Crippen LogP contribution < -0.4 is 18.9 Å². The molecule has 0 aliphatic rings. The van der Waals surface area contributed by atoms with Crippen LogP contribution in [0.25, 0.3) is 21.5 Å². The number of benzene rings is 3. The Morgan fingerprint density at radius 2 is 1.07 bits per heavy atom. The Balaban J connectivity index is 2.35. The first-order valence-corrected chi connectivity index (χ1v) is 10.1. The number of hydrogen-bond acceptors (Lipinski definition) is 4. The van der Waals surface area contributed by atoms with E-state index in [0.717, 1.165) is 70.2 Å². The molecule has 3 aromatic rings. The molecule has 150 valence electrons. The highest BCUT2D eigenvalue weighted by molar-refractivity contribution is 6.15. The summed E-state index contributed by atoms with van der Waals surface area (Å²) in [6.45, 7) is 5.64. The number of methoxy groups -OCH3 is 2. The zero-order valence-corrected chi connectivity index (χ0v) is 17.3. The van der Waals surface area contributed by atoms with Crippen LogP contribution in [-0.4, -0.2) is 27.4 Å². The van der Waals surface area contributed by atoms with Gasteiger partial charge in [0, 0.05) is 10.8 Å². The second-order valence-electron chi connectivity index (χ2n) is 6.83. The van der Waals surface area contributed by atoms with Crippen molar-refractivity contribution in [2.45, 2.75) is 39.5 Å². The van der Waals surface area contributed by atoms with Crippen LogP contribution in [0.1, 0.15) is 39.5 Å². The molecule has 0 N–H and O–H groups in total. The number of ether oxygens (including phenoxy) is 4. The molecule has 0 aromatic heterocycles. The molecule has 0 heterocycles. The maximum Gasteiger partial charge on any atom is 0.139 e. The number of fused-ring (bicyclic) bond motifs is 2. The molecule has 0 aliphatic heterocycles. The van der Waals surface area contributed by atoms with Gasteiger partial charge in [-0.1, -0.05) is 51.0 Å². The lowest BCUT2D eigenvalue weighted by molar-refractivity contribution is 0.309. The van der Waals surface area contributed by atoms with Gasteiger partial charge in [-0.3, -0.25) is 0 Å². The highest BCUT2D eigenvalue weighted by atomic mass is 16.5. The summed E-state index contributed by atoms with van der Waals surface area (Å²) in [5.41, 5.74) is 0. The molecule has 0 saturated heterocycles. The van der Waals surface area contributed by atoms with Crippen LogP contribution in [0.2, 0.25) is 0 Å². The molecular formula is C24H30O4. The normalized spacial score (nSPS) is 11.0. The lowest BCUT2D eigenvalue weighted by Gasteiger charge is -2.20. The molecule has 0 spiro atoms. The summed E-state index contributed by atoms with van der Waals surface area (Å²) < 4.78 is 24.0. The molecule has 4 nitrogen and oxygen atoms in total. The Morgan fingerprint density at radius 1 is 0.643 bits per heavy atom. The van der Waals surface area contributed by atoms with Crippen LogP contribution in [0, 0.1) is 0 Å². The third kappa shape index (κ3) is 3.82. The van der Waals surface area contributed by atoms with Gasteiger partial charge in [-0.25, -0.2) is 0 Å². The van der Waals surface area contributed by atoms with E-state index in [4.69, 9.17) is 18.9 Å². The van der Waals surface area contributed by atoms with E-state index in [-0.39, 0.29) is 0 Å². The lowest BCUT2D eigenvalue weighted by atomic mass is 9.99. The van der Waals surface area contributed by atoms with Gasteiger partial charge in [0.25, 0.3) is 0 Å². The molecule has 3 aromatic carbocycles. The first kappa shape index (κ1) is 20.1. The third-order valence-electron chi connectivity index (χ3n) is 4.92. The molecule has 0 bridgehead atoms. The quantitative estimate of drug-likeness (QED) is 0.302. The Hall–Kier alpha value is -2.62. The van der Waals surface area contributed by atoms with Gasteiger partial charge in [-0.2, -0.15) is 0 Å². The molecular weight excluding hydrogens is 352 g/mol. The Kier molecular flexibility index (Phi) is 6.85. The number of rotatable bonds is 10. The first-order chi connectivity index (χ1) is 13.8. The largest absolute Gasteiger partial charge is 0.496 e. The average molecular weight is 383 g/mol. The van der Waals surface area contributed by atoms with Crippen LogP contribution in [0.15, 0.2) is 36.4 Å². The van der Waals surface area contributed by atoms with Gasteiger partial charge in [0.05, 0.1) is 38.2 Å². The summed E-state index contributed by atoms with van der Waals surface area (Å²) in [6, 6.07) is 12.1. The topological polar surface area (TPSA) is 36.9 Å². The Labute approximate surface area is 167 Å². The van der Waals surface area contributed by atoms with E-state index in [2.05, 4.69) is 26.0 Å². The van der Waals surface area contributed by atoms with Crippen LogP contribution in [0.4, 0.5) is 0 Å². The van der Waals surface area contributed by atoms with E-state index in [0.29, 0.717) is 13.2 Å². The minimum atomic E-state index is 0.659. The molecule has 0 radical (unpaired) electrons. The van der Waals surface area contributed by atoms with Crippen molar-refractivity contribution in [3.63, 3.8) is 0 Å². The van der Waals surface area contributed by atoms with Crippen molar-refractivity contribution in [3.05, 3.63) is 36.4 Å². The van der Waals surface area contributed by atoms with Crippen LogP contribution in [0.3, 0.4) is 0 Å².